The molecular formula is C20H26O6. The third kappa shape index (κ3) is 5.44. The lowest BCUT2D eigenvalue weighted by atomic mass is 9.69. The molecule has 6 heteroatoms. The molecule has 0 heterocycles. The minimum atomic E-state index is -2.38. The number of benzene rings is 1. The van der Waals surface area contributed by atoms with Crippen molar-refractivity contribution in [2.24, 2.45) is 17.3 Å². The van der Waals surface area contributed by atoms with Gasteiger partial charge in [-0.15, -0.1) is 0 Å². The van der Waals surface area contributed by atoms with Crippen LogP contribution in [0.15, 0.2) is 42.5 Å². The summed E-state index contributed by atoms with van der Waals surface area (Å²) in [6, 6.07) is 9.68. The van der Waals surface area contributed by atoms with E-state index >= 15 is 0 Å². The molecule has 3 N–H and O–H groups in total. The molecule has 1 aromatic rings. The molecular weight excluding hydrogens is 336 g/mol. The summed E-state index contributed by atoms with van der Waals surface area (Å²) >= 11 is 0. The van der Waals surface area contributed by atoms with Gasteiger partial charge in [0.15, 0.2) is 5.41 Å². The van der Waals surface area contributed by atoms with Crippen LogP contribution >= 0.6 is 0 Å². The van der Waals surface area contributed by atoms with Crippen LogP contribution in [0.2, 0.25) is 0 Å². The largest absolute Gasteiger partial charge is 0.481 e. The van der Waals surface area contributed by atoms with Gasteiger partial charge in [0.25, 0.3) is 0 Å². The molecule has 0 aliphatic rings. The van der Waals surface area contributed by atoms with Crippen LogP contribution in [0.4, 0.5) is 0 Å². The SMILES string of the molecule is CC(C)CC(C(=O)O)C(CC=CCCc1ccccc1)(C(=O)O)C(=O)O. The van der Waals surface area contributed by atoms with Crippen LogP contribution in [0.1, 0.15) is 38.7 Å². The topological polar surface area (TPSA) is 112 Å². The third-order valence-electron chi connectivity index (χ3n) is 4.41. The van der Waals surface area contributed by atoms with Gasteiger partial charge in [0.1, 0.15) is 0 Å². The van der Waals surface area contributed by atoms with Gasteiger partial charge in [0.05, 0.1) is 5.92 Å². The Morgan fingerprint density at radius 1 is 1.00 bits per heavy atom. The third-order valence-corrected chi connectivity index (χ3v) is 4.41. The standard InChI is InChI=1S/C20H26O6/c1-14(2)13-16(17(21)22)20(18(23)24,19(25)26)12-8-4-7-11-15-9-5-3-6-10-15/h3-6,8-10,14,16H,7,11-13H2,1-2H3,(H,21,22)(H,23,24)(H,25,26). The average molecular weight is 362 g/mol. The number of aryl methyl sites for hydroxylation is 1. The molecule has 0 bridgehead atoms. The van der Waals surface area contributed by atoms with E-state index in [-0.39, 0.29) is 18.8 Å². The fourth-order valence-electron chi connectivity index (χ4n) is 2.97. The summed E-state index contributed by atoms with van der Waals surface area (Å²) in [6.45, 7) is 3.47. The molecule has 0 amide bonds. The number of carbonyl (C=O) groups is 3. The van der Waals surface area contributed by atoms with Crippen LogP contribution in [-0.2, 0) is 20.8 Å². The summed E-state index contributed by atoms with van der Waals surface area (Å²) in [4.78, 5) is 35.2. The van der Waals surface area contributed by atoms with Gasteiger partial charge in [-0.1, -0.05) is 56.3 Å². The molecule has 6 nitrogen and oxygen atoms in total. The van der Waals surface area contributed by atoms with Gasteiger partial charge in [-0.2, -0.15) is 0 Å². The highest BCUT2D eigenvalue weighted by atomic mass is 16.4. The molecule has 1 atom stereocenters. The zero-order valence-electron chi connectivity index (χ0n) is 15.1. The molecule has 26 heavy (non-hydrogen) atoms. The maximum absolute atomic E-state index is 11.8. The number of aliphatic carboxylic acids is 3. The molecule has 1 unspecified atom stereocenters. The van der Waals surface area contributed by atoms with Gasteiger partial charge in [0.2, 0.25) is 0 Å². The zero-order valence-corrected chi connectivity index (χ0v) is 15.1. The summed E-state index contributed by atoms with van der Waals surface area (Å²) < 4.78 is 0. The van der Waals surface area contributed by atoms with E-state index in [1.807, 2.05) is 30.3 Å². The number of rotatable bonds is 11. The number of allylic oxidation sites excluding steroid dienone is 2. The Morgan fingerprint density at radius 2 is 1.58 bits per heavy atom. The Bertz CT molecular complexity index is 634. The molecule has 1 aromatic carbocycles. The van der Waals surface area contributed by atoms with Gasteiger partial charge < -0.3 is 15.3 Å². The lowest BCUT2D eigenvalue weighted by Gasteiger charge is -2.31. The van der Waals surface area contributed by atoms with Crippen molar-refractivity contribution < 1.29 is 29.7 Å². The molecule has 0 saturated heterocycles. The molecule has 0 aliphatic carbocycles. The second-order valence-corrected chi connectivity index (χ2v) is 6.80. The van der Waals surface area contributed by atoms with Crippen LogP contribution in [0.25, 0.3) is 0 Å². The zero-order chi connectivity index (χ0) is 19.7. The van der Waals surface area contributed by atoms with Crippen molar-refractivity contribution in [1.29, 1.82) is 0 Å². The van der Waals surface area contributed by atoms with Crippen molar-refractivity contribution in [3.05, 3.63) is 48.0 Å². The molecule has 0 aliphatic heterocycles. The first kappa shape index (κ1) is 21.4. The summed E-state index contributed by atoms with van der Waals surface area (Å²) in [7, 11) is 0. The summed E-state index contributed by atoms with van der Waals surface area (Å²) in [5, 5.41) is 28.6. The number of hydrogen-bond acceptors (Lipinski definition) is 3. The first-order valence-corrected chi connectivity index (χ1v) is 8.60. The van der Waals surface area contributed by atoms with E-state index in [0.717, 1.165) is 12.0 Å². The Morgan fingerprint density at radius 3 is 2.04 bits per heavy atom. The Kier molecular flexibility index (Phi) is 8.03. The highest BCUT2D eigenvalue weighted by Crippen LogP contribution is 2.38. The van der Waals surface area contributed by atoms with E-state index < -0.39 is 29.2 Å². The van der Waals surface area contributed by atoms with Gasteiger partial charge in [-0.05, 0) is 37.2 Å². The predicted octanol–water partition coefficient (Wildman–Crippen LogP) is 3.47. The van der Waals surface area contributed by atoms with Gasteiger partial charge >= 0.3 is 17.9 Å². The lowest BCUT2D eigenvalue weighted by Crippen LogP contribution is -2.49. The van der Waals surface area contributed by atoms with Gasteiger partial charge in [-0.3, -0.25) is 14.4 Å². The molecule has 142 valence electrons. The van der Waals surface area contributed by atoms with Crippen molar-refractivity contribution >= 4 is 17.9 Å². The van der Waals surface area contributed by atoms with E-state index in [4.69, 9.17) is 0 Å². The Labute approximate surface area is 153 Å². The van der Waals surface area contributed by atoms with Crippen LogP contribution in [0.3, 0.4) is 0 Å². The molecule has 0 aromatic heterocycles. The van der Waals surface area contributed by atoms with Crippen LogP contribution in [0.5, 0.6) is 0 Å². The predicted molar refractivity (Wildman–Crippen MR) is 96.8 cm³/mol. The first-order chi connectivity index (χ1) is 12.2. The first-order valence-electron chi connectivity index (χ1n) is 8.60. The average Bonchev–Trinajstić information content (AvgIpc) is 2.56. The lowest BCUT2D eigenvalue weighted by molar-refractivity contribution is -0.176. The quantitative estimate of drug-likeness (QED) is 0.410. The molecule has 0 saturated carbocycles. The van der Waals surface area contributed by atoms with Crippen LogP contribution in [0, 0.1) is 17.3 Å². The molecule has 0 radical (unpaired) electrons. The van der Waals surface area contributed by atoms with Gasteiger partial charge in [0, 0.05) is 0 Å². The number of hydrogen-bond donors (Lipinski definition) is 3. The van der Waals surface area contributed by atoms with Crippen LogP contribution < -0.4 is 0 Å². The summed E-state index contributed by atoms with van der Waals surface area (Å²) in [6.07, 6.45) is 4.14. The van der Waals surface area contributed by atoms with E-state index in [1.54, 1.807) is 19.9 Å². The fourth-order valence-corrected chi connectivity index (χ4v) is 2.97. The van der Waals surface area contributed by atoms with Crippen LogP contribution in [-0.4, -0.2) is 33.2 Å². The highest BCUT2D eigenvalue weighted by molar-refractivity contribution is 6.02. The molecule has 1 rings (SSSR count). The maximum atomic E-state index is 11.8. The minimum Gasteiger partial charge on any atom is -0.481 e. The minimum absolute atomic E-state index is 0.0220. The van der Waals surface area contributed by atoms with Crippen molar-refractivity contribution in [1.82, 2.24) is 0 Å². The molecule has 0 fully saturated rings. The smallest absolute Gasteiger partial charge is 0.322 e. The van der Waals surface area contributed by atoms with E-state index in [1.165, 1.54) is 6.08 Å². The van der Waals surface area contributed by atoms with E-state index in [0.29, 0.717) is 6.42 Å². The second-order valence-electron chi connectivity index (χ2n) is 6.80. The van der Waals surface area contributed by atoms with E-state index in [9.17, 15) is 29.7 Å². The number of carboxylic acids is 3. The molecule has 0 spiro atoms. The summed E-state index contributed by atoms with van der Waals surface area (Å²) in [5.74, 6) is -6.29. The van der Waals surface area contributed by atoms with E-state index in [2.05, 4.69) is 0 Å². The number of carboxylic acid groups (broad SMARTS) is 3. The highest BCUT2D eigenvalue weighted by Gasteiger charge is 2.55. The van der Waals surface area contributed by atoms with Gasteiger partial charge in [-0.25, -0.2) is 0 Å². The normalized spacial score (nSPS) is 13.0. The Hall–Kier alpha value is -2.63. The van der Waals surface area contributed by atoms with Crippen molar-refractivity contribution in [3.8, 4) is 0 Å². The van der Waals surface area contributed by atoms with Crippen molar-refractivity contribution in [2.45, 2.75) is 39.5 Å². The van der Waals surface area contributed by atoms with Crippen molar-refractivity contribution in [2.75, 3.05) is 0 Å². The fraction of sp³-hybridized carbons (Fsp3) is 0.450. The Balaban J connectivity index is 2.95. The monoisotopic (exact) mass is 362 g/mol. The second kappa shape index (κ2) is 9.75. The maximum Gasteiger partial charge on any atom is 0.322 e. The van der Waals surface area contributed by atoms with Crippen molar-refractivity contribution in [3.63, 3.8) is 0 Å². The summed E-state index contributed by atoms with van der Waals surface area (Å²) in [5.41, 5.74) is -1.26.